The van der Waals surface area contributed by atoms with Gasteiger partial charge in [0.2, 0.25) is 12.7 Å². The molecule has 1 amide bonds. The molecular formula is C18H19ClN2O3. The molecule has 1 heterocycles. The molecule has 0 saturated heterocycles. The monoisotopic (exact) mass is 346 g/mol. The second kappa shape index (κ2) is 7.11. The summed E-state index contributed by atoms with van der Waals surface area (Å²) in [6.07, 6.45) is 0. The van der Waals surface area contributed by atoms with Gasteiger partial charge in [-0.1, -0.05) is 23.7 Å². The molecule has 0 spiro atoms. The van der Waals surface area contributed by atoms with Crippen LogP contribution in [0.4, 0.5) is 5.69 Å². The topological polar surface area (TPSA) is 50.8 Å². The zero-order valence-electron chi connectivity index (χ0n) is 13.6. The number of nitrogens with one attached hydrogen (secondary N) is 1. The van der Waals surface area contributed by atoms with E-state index < -0.39 is 0 Å². The van der Waals surface area contributed by atoms with Crippen molar-refractivity contribution in [2.45, 2.75) is 19.5 Å². The number of benzene rings is 2. The van der Waals surface area contributed by atoms with E-state index in [0.29, 0.717) is 28.8 Å². The molecule has 0 bridgehead atoms. The van der Waals surface area contributed by atoms with E-state index in [9.17, 15) is 4.79 Å². The van der Waals surface area contributed by atoms with Gasteiger partial charge in [0.25, 0.3) is 0 Å². The van der Waals surface area contributed by atoms with Crippen molar-refractivity contribution < 1.29 is 14.3 Å². The van der Waals surface area contributed by atoms with E-state index in [-0.39, 0.29) is 18.7 Å². The van der Waals surface area contributed by atoms with Crippen molar-refractivity contribution >= 4 is 23.2 Å². The number of carbonyl (C=O) groups excluding carboxylic acids is 1. The molecule has 0 unspecified atom stereocenters. The molecule has 0 aliphatic carbocycles. The van der Waals surface area contributed by atoms with Crippen molar-refractivity contribution in [1.29, 1.82) is 0 Å². The zero-order chi connectivity index (χ0) is 17.1. The maximum absolute atomic E-state index is 12.5. The molecule has 0 saturated carbocycles. The summed E-state index contributed by atoms with van der Waals surface area (Å²) in [6, 6.07) is 12.7. The predicted octanol–water partition coefficient (Wildman–Crippen LogP) is 3.53. The lowest BCUT2D eigenvalue weighted by atomic mass is 10.2. The number of anilines is 1. The van der Waals surface area contributed by atoms with Crippen molar-refractivity contribution in [3.63, 3.8) is 0 Å². The minimum Gasteiger partial charge on any atom is -0.454 e. The summed E-state index contributed by atoms with van der Waals surface area (Å²) in [6.45, 7) is 2.75. The van der Waals surface area contributed by atoms with Crippen molar-refractivity contribution in [3.05, 3.63) is 53.1 Å². The Morgan fingerprint density at radius 3 is 2.67 bits per heavy atom. The fourth-order valence-corrected chi connectivity index (χ4v) is 2.56. The van der Waals surface area contributed by atoms with Gasteiger partial charge in [-0.15, -0.1) is 0 Å². The van der Waals surface area contributed by atoms with Gasteiger partial charge in [0, 0.05) is 23.3 Å². The van der Waals surface area contributed by atoms with Crippen LogP contribution in [0.25, 0.3) is 0 Å². The van der Waals surface area contributed by atoms with Crippen LogP contribution in [0.2, 0.25) is 5.02 Å². The van der Waals surface area contributed by atoms with Gasteiger partial charge < -0.3 is 14.8 Å². The van der Waals surface area contributed by atoms with Gasteiger partial charge in [-0.3, -0.25) is 9.69 Å². The number of ether oxygens (including phenoxy) is 2. The summed E-state index contributed by atoms with van der Waals surface area (Å²) in [5.74, 6) is 1.27. The third kappa shape index (κ3) is 3.80. The summed E-state index contributed by atoms with van der Waals surface area (Å²) >= 11 is 5.89. The smallest absolute Gasteiger partial charge is 0.241 e. The van der Waals surface area contributed by atoms with Gasteiger partial charge >= 0.3 is 0 Å². The molecular weight excluding hydrogens is 328 g/mol. The molecule has 0 aromatic heterocycles. The van der Waals surface area contributed by atoms with Crippen LogP contribution in [-0.2, 0) is 11.3 Å². The summed E-state index contributed by atoms with van der Waals surface area (Å²) in [7, 11) is 1.92. The minimum atomic E-state index is -0.286. The highest BCUT2D eigenvalue weighted by molar-refractivity contribution is 6.30. The Labute approximate surface area is 146 Å². The van der Waals surface area contributed by atoms with E-state index in [1.807, 2.05) is 43.1 Å². The molecule has 6 heteroatoms. The first-order chi connectivity index (χ1) is 11.5. The first-order valence-electron chi connectivity index (χ1n) is 7.68. The lowest BCUT2D eigenvalue weighted by Gasteiger charge is -2.24. The maximum Gasteiger partial charge on any atom is 0.241 e. The second-order valence-electron chi connectivity index (χ2n) is 5.77. The van der Waals surface area contributed by atoms with E-state index in [4.69, 9.17) is 21.1 Å². The second-order valence-corrected chi connectivity index (χ2v) is 6.21. The molecule has 0 fully saturated rings. The van der Waals surface area contributed by atoms with Crippen molar-refractivity contribution in [2.75, 3.05) is 19.2 Å². The van der Waals surface area contributed by atoms with Crippen LogP contribution in [0.3, 0.4) is 0 Å². The normalized spacial score (nSPS) is 13.8. The van der Waals surface area contributed by atoms with Gasteiger partial charge in [0.1, 0.15) is 0 Å². The highest BCUT2D eigenvalue weighted by atomic mass is 35.5. The van der Waals surface area contributed by atoms with Gasteiger partial charge in [0.15, 0.2) is 11.5 Å². The Hall–Kier alpha value is -2.24. The summed E-state index contributed by atoms with van der Waals surface area (Å²) < 4.78 is 10.6. The van der Waals surface area contributed by atoms with E-state index in [1.165, 1.54) is 0 Å². The highest BCUT2D eigenvalue weighted by Crippen LogP contribution is 2.34. The number of amides is 1. The van der Waals surface area contributed by atoms with Crippen LogP contribution in [0.15, 0.2) is 42.5 Å². The minimum absolute atomic E-state index is 0.0784. The predicted molar refractivity (Wildman–Crippen MR) is 93.6 cm³/mol. The molecule has 2 aromatic rings. The molecule has 1 aliphatic rings. The lowest BCUT2D eigenvalue weighted by molar-refractivity contribution is -0.120. The first-order valence-corrected chi connectivity index (χ1v) is 8.06. The Morgan fingerprint density at radius 2 is 1.92 bits per heavy atom. The van der Waals surface area contributed by atoms with Crippen molar-refractivity contribution in [1.82, 2.24) is 4.90 Å². The number of fused-ring (bicyclic) bond motifs is 1. The first kappa shape index (κ1) is 16.6. The van der Waals surface area contributed by atoms with Crippen LogP contribution in [-0.4, -0.2) is 30.7 Å². The average Bonchev–Trinajstić information content (AvgIpc) is 3.03. The quantitative estimate of drug-likeness (QED) is 0.899. The fraction of sp³-hybridized carbons (Fsp3) is 0.278. The Morgan fingerprint density at radius 1 is 1.21 bits per heavy atom. The standard InChI is InChI=1S/C18H19ClN2O3/c1-12(21(2)10-13-3-5-14(19)6-4-13)18(22)20-15-7-8-16-17(9-15)24-11-23-16/h3-9,12H,10-11H2,1-2H3,(H,20,22)/t12-/m0/s1. The van der Waals surface area contributed by atoms with Crippen LogP contribution in [0.5, 0.6) is 11.5 Å². The Bertz CT molecular complexity index is 734. The third-order valence-electron chi connectivity index (χ3n) is 4.03. The Balaban J connectivity index is 1.60. The molecule has 3 rings (SSSR count). The summed E-state index contributed by atoms with van der Waals surface area (Å²) in [4.78, 5) is 14.4. The van der Waals surface area contributed by atoms with E-state index in [2.05, 4.69) is 5.32 Å². The number of nitrogens with zero attached hydrogens (tertiary/aromatic N) is 1. The molecule has 5 nitrogen and oxygen atoms in total. The number of hydrogen-bond acceptors (Lipinski definition) is 4. The maximum atomic E-state index is 12.5. The van der Waals surface area contributed by atoms with Crippen LogP contribution in [0, 0.1) is 0 Å². The molecule has 2 aromatic carbocycles. The van der Waals surface area contributed by atoms with E-state index in [0.717, 1.165) is 5.56 Å². The van der Waals surface area contributed by atoms with E-state index in [1.54, 1.807) is 18.2 Å². The van der Waals surface area contributed by atoms with Gasteiger partial charge in [0.05, 0.1) is 6.04 Å². The Kier molecular flexibility index (Phi) is 4.92. The van der Waals surface area contributed by atoms with Crippen LogP contribution in [0.1, 0.15) is 12.5 Å². The van der Waals surface area contributed by atoms with Crippen LogP contribution >= 0.6 is 11.6 Å². The van der Waals surface area contributed by atoms with Crippen LogP contribution < -0.4 is 14.8 Å². The van der Waals surface area contributed by atoms with Crippen molar-refractivity contribution in [3.8, 4) is 11.5 Å². The van der Waals surface area contributed by atoms with Gasteiger partial charge in [-0.05, 0) is 43.8 Å². The number of halogens is 1. The lowest BCUT2D eigenvalue weighted by Crippen LogP contribution is -2.39. The molecule has 1 N–H and O–H groups in total. The number of likely N-dealkylation sites (N-methyl/N-ethyl adjacent to an activating group) is 1. The molecule has 0 radical (unpaired) electrons. The van der Waals surface area contributed by atoms with Gasteiger partial charge in [-0.2, -0.15) is 0 Å². The molecule has 24 heavy (non-hydrogen) atoms. The largest absolute Gasteiger partial charge is 0.454 e. The van der Waals surface area contributed by atoms with Crippen molar-refractivity contribution in [2.24, 2.45) is 0 Å². The zero-order valence-corrected chi connectivity index (χ0v) is 14.3. The SMILES string of the molecule is C[C@@H](C(=O)Nc1ccc2c(c1)OCO2)N(C)Cc1ccc(Cl)cc1. The van der Waals surface area contributed by atoms with Gasteiger partial charge in [-0.25, -0.2) is 0 Å². The number of rotatable bonds is 5. The number of carbonyl (C=O) groups is 1. The molecule has 126 valence electrons. The average molecular weight is 347 g/mol. The highest BCUT2D eigenvalue weighted by Gasteiger charge is 2.20. The summed E-state index contributed by atoms with van der Waals surface area (Å²) in [5, 5.41) is 3.61. The summed E-state index contributed by atoms with van der Waals surface area (Å²) in [5.41, 5.74) is 1.79. The number of hydrogen-bond donors (Lipinski definition) is 1. The third-order valence-corrected chi connectivity index (χ3v) is 4.28. The molecule has 1 aliphatic heterocycles. The molecule has 1 atom stereocenters. The fourth-order valence-electron chi connectivity index (χ4n) is 2.44. The van der Waals surface area contributed by atoms with E-state index >= 15 is 0 Å².